The third-order valence-corrected chi connectivity index (χ3v) is 6.92. The summed E-state index contributed by atoms with van der Waals surface area (Å²) < 4.78 is 22.2. The van der Waals surface area contributed by atoms with Crippen molar-refractivity contribution in [2.75, 3.05) is 33.9 Å². The minimum atomic E-state index is -0.379. The lowest BCUT2D eigenvalue weighted by molar-refractivity contribution is -0.123. The number of nitrogens with one attached hydrogen (secondary N) is 2. The molecule has 4 bridgehead atoms. The highest BCUT2D eigenvalue weighted by Crippen LogP contribution is 2.29. The predicted octanol–water partition coefficient (Wildman–Crippen LogP) is 2.55. The molecule has 3 aliphatic rings. The van der Waals surface area contributed by atoms with Crippen LogP contribution in [0, 0.1) is 0 Å². The molecule has 3 heterocycles. The van der Waals surface area contributed by atoms with Gasteiger partial charge in [0.2, 0.25) is 0 Å². The van der Waals surface area contributed by atoms with E-state index >= 15 is 0 Å². The number of nitrogens with zero attached hydrogens (tertiary/aromatic N) is 1. The summed E-state index contributed by atoms with van der Waals surface area (Å²) in [7, 11) is 2.86. The summed E-state index contributed by atoms with van der Waals surface area (Å²) in [5.74, 6) is 0.424. The molecule has 208 valence electrons. The summed E-state index contributed by atoms with van der Waals surface area (Å²) in [6.45, 7) is 1.88. The molecule has 3 aliphatic heterocycles. The number of likely N-dealkylation sites (tertiary alicyclic amines) is 1. The quantitative estimate of drug-likeness (QED) is 0.481. The van der Waals surface area contributed by atoms with E-state index < -0.39 is 0 Å². The molecule has 0 aliphatic carbocycles. The van der Waals surface area contributed by atoms with Crippen LogP contribution in [0.3, 0.4) is 0 Å². The fraction of sp³-hybridized carbons (Fsp3) is 0.300. The number of fused-ring (bicyclic) bond motifs is 7. The third kappa shape index (κ3) is 6.35. The predicted molar refractivity (Wildman–Crippen MR) is 146 cm³/mol. The molecule has 10 nitrogen and oxygen atoms in total. The molecule has 10 heteroatoms. The molecular formula is C30H31N3O7. The molecule has 3 aromatic carbocycles. The Hall–Kier alpha value is -4.57. The summed E-state index contributed by atoms with van der Waals surface area (Å²) in [6.07, 6.45) is -0.312. The Morgan fingerprint density at radius 3 is 2.50 bits per heavy atom. The Kier molecular flexibility index (Phi) is 8.16. The number of amides is 2. The van der Waals surface area contributed by atoms with Crippen molar-refractivity contribution >= 4 is 17.8 Å². The molecule has 1 fully saturated rings. The van der Waals surface area contributed by atoms with Gasteiger partial charge in [0, 0.05) is 31.7 Å². The van der Waals surface area contributed by atoms with Crippen LogP contribution in [-0.4, -0.2) is 68.7 Å². The average Bonchev–Trinajstić information content (AvgIpc) is 3.34. The van der Waals surface area contributed by atoms with E-state index in [1.165, 1.54) is 14.2 Å². The van der Waals surface area contributed by atoms with Gasteiger partial charge < -0.3 is 29.6 Å². The van der Waals surface area contributed by atoms with Crippen molar-refractivity contribution in [3.63, 3.8) is 0 Å². The molecule has 3 aromatic rings. The Balaban J connectivity index is 1.38. The van der Waals surface area contributed by atoms with Crippen LogP contribution in [0.5, 0.6) is 17.2 Å². The molecule has 0 saturated carbocycles. The van der Waals surface area contributed by atoms with Gasteiger partial charge in [-0.05, 0) is 53.6 Å². The van der Waals surface area contributed by atoms with Gasteiger partial charge >= 0.3 is 5.97 Å². The summed E-state index contributed by atoms with van der Waals surface area (Å²) in [5, 5.41) is 5.95. The van der Waals surface area contributed by atoms with E-state index in [0.717, 1.165) is 11.1 Å². The molecule has 0 radical (unpaired) electrons. The van der Waals surface area contributed by atoms with E-state index in [0.29, 0.717) is 54.6 Å². The molecule has 2 atom stereocenters. The van der Waals surface area contributed by atoms with Crippen LogP contribution < -0.4 is 24.8 Å². The maximum Gasteiger partial charge on any atom is 0.337 e. The molecule has 0 spiro atoms. The first-order valence-corrected chi connectivity index (χ1v) is 13.0. The summed E-state index contributed by atoms with van der Waals surface area (Å²) in [5.41, 5.74) is 2.80. The lowest BCUT2D eigenvalue weighted by Gasteiger charge is -2.21. The van der Waals surface area contributed by atoms with E-state index in [-0.39, 0.29) is 36.5 Å². The third-order valence-electron chi connectivity index (χ3n) is 6.92. The highest BCUT2D eigenvalue weighted by Gasteiger charge is 2.36. The molecule has 0 unspecified atom stereocenters. The fourth-order valence-corrected chi connectivity index (χ4v) is 4.80. The van der Waals surface area contributed by atoms with Crippen LogP contribution in [0.25, 0.3) is 0 Å². The van der Waals surface area contributed by atoms with Crippen molar-refractivity contribution < 1.29 is 33.3 Å². The van der Waals surface area contributed by atoms with E-state index in [1.54, 1.807) is 30.3 Å². The highest BCUT2D eigenvalue weighted by atomic mass is 16.5. The summed E-state index contributed by atoms with van der Waals surface area (Å²) in [4.78, 5) is 39.7. The first kappa shape index (κ1) is 27.0. The standard InChI is InChI=1S/C30H31N3O7/c1-37-25-12-9-22-13-26(25)39-18-28(34)31-14-19-5-10-23(11-6-19)40-27-17-33(16-24(27)32-29(22)35)15-20-3-7-21(8-4-20)30(36)38-2/h3-13,24,27H,14-18H2,1-2H3,(H,31,34)(H,32,35)/t24-,27-/m0/s1. The molecule has 2 amide bonds. The Morgan fingerprint density at radius 2 is 1.77 bits per heavy atom. The molecule has 0 aromatic heterocycles. The van der Waals surface area contributed by atoms with E-state index in [2.05, 4.69) is 15.5 Å². The zero-order valence-electron chi connectivity index (χ0n) is 22.3. The van der Waals surface area contributed by atoms with Crippen LogP contribution in [-0.2, 0) is 22.6 Å². The number of rotatable bonds is 4. The number of benzene rings is 3. The second-order valence-electron chi connectivity index (χ2n) is 9.69. The van der Waals surface area contributed by atoms with E-state index in [4.69, 9.17) is 18.9 Å². The second kappa shape index (κ2) is 12.1. The molecule has 2 N–H and O–H groups in total. The normalized spacial score (nSPS) is 19.4. The largest absolute Gasteiger partial charge is 0.493 e. The van der Waals surface area contributed by atoms with Crippen LogP contribution >= 0.6 is 0 Å². The molecule has 40 heavy (non-hydrogen) atoms. The van der Waals surface area contributed by atoms with Gasteiger partial charge in [-0.15, -0.1) is 0 Å². The molecule has 1 saturated heterocycles. The number of esters is 1. The van der Waals surface area contributed by atoms with Gasteiger partial charge in [0.05, 0.1) is 25.8 Å². The minimum Gasteiger partial charge on any atom is -0.493 e. The number of ether oxygens (including phenoxy) is 4. The maximum atomic E-state index is 13.3. The zero-order chi connectivity index (χ0) is 28.1. The SMILES string of the molecule is COC(=O)c1ccc(CN2C[C@@H]3NC(=O)c4ccc(OC)c(c4)OCC(=O)NCc4ccc(cc4)O[C@H]3C2)cc1. The monoisotopic (exact) mass is 545 g/mol. The summed E-state index contributed by atoms with van der Waals surface area (Å²) in [6, 6.07) is 19.3. The number of hydrogen-bond acceptors (Lipinski definition) is 8. The second-order valence-corrected chi connectivity index (χ2v) is 9.69. The number of hydrogen-bond donors (Lipinski definition) is 2. The van der Waals surface area contributed by atoms with Gasteiger partial charge in [-0.3, -0.25) is 14.5 Å². The van der Waals surface area contributed by atoms with Gasteiger partial charge in [-0.1, -0.05) is 24.3 Å². The number of methoxy groups -OCH3 is 2. The zero-order valence-corrected chi connectivity index (χ0v) is 22.3. The van der Waals surface area contributed by atoms with Crippen molar-refractivity contribution in [2.45, 2.75) is 25.2 Å². The topological polar surface area (TPSA) is 115 Å². The maximum absolute atomic E-state index is 13.3. The van der Waals surface area contributed by atoms with Crippen molar-refractivity contribution in [1.29, 1.82) is 0 Å². The first-order chi connectivity index (χ1) is 19.4. The van der Waals surface area contributed by atoms with Crippen LogP contribution in [0.1, 0.15) is 31.8 Å². The Morgan fingerprint density at radius 1 is 1.00 bits per heavy atom. The Labute approximate surface area is 232 Å². The molecular weight excluding hydrogens is 514 g/mol. The number of carbonyl (C=O) groups is 3. The van der Waals surface area contributed by atoms with E-state index in [1.807, 2.05) is 36.4 Å². The summed E-state index contributed by atoms with van der Waals surface area (Å²) >= 11 is 0. The number of carbonyl (C=O) groups excluding carboxylic acids is 3. The highest BCUT2D eigenvalue weighted by molar-refractivity contribution is 5.95. The molecule has 6 rings (SSSR count). The lowest BCUT2D eigenvalue weighted by atomic mass is 10.1. The van der Waals surface area contributed by atoms with Crippen molar-refractivity contribution in [3.05, 3.63) is 89.0 Å². The van der Waals surface area contributed by atoms with Crippen LogP contribution in [0.15, 0.2) is 66.7 Å². The average molecular weight is 546 g/mol. The van der Waals surface area contributed by atoms with Gasteiger partial charge in [0.1, 0.15) is 11.9 Å². The van der Waals surface area contributed by atoms with Crippen molar-refractivity contribution in [1.82, 2.24) is 15.5 Å². The first-order valence-electron chi connectivity index (χ1n) is 13.0. The van der Waals surface area contributed by atoms with Crippen molar-refractivity contribution in [2.24, 2.45) is 0 Å². The lowest BCUT2D eigenvalue weighted by Crippen LogP contribution is -2.45. The van der Waals surface area contributed by atoms with E-state index in [9.17, 15) is 14.4 Å². The van der Waals surface area contributed by atoms with Gasteiger partial charge in [0.15, 0.2) is 18.1 Å². The van der Waals surface area contributed by atoms with Crippen molar-refractivity contribution in [3.8, 4) is 17.2 Å². The van der Waals surface area contributed by atoms with Crippen LogP contribution in [0.4, 0.5) is 0 Å². The van der Waals surface area contributed by atoms with Gasteiger partial charge in [-0.2, -0.15) is 0 Å². The minimum absolute atomic E-state index is 0.219. The Bertz CT molecular complexity index is 1380. The van der Waals surface area contributed by atoms with Gasteiger partial charge in [0.25, 0.3) is 11.8 Å². The fourth-order valence-electron chi connectivity index (χ4n) is 4.80. The van der Waals surface area contributed by atoms with Crippen LogP contribution in [0.2, 0.25) is 0 Å². The smallest absolute Gasteiger partial charge is 0.337 e. The van der Waals surface area contributed by atoms with Gasteiger partial charge in [-0.25, -0.2) is 4.79 Å².